The Hall–Kier alpha value is -1.46. The van der Waals surface area contributed by atoms with Crippen LogP contribution in [0.15, 0.2) is 24.3 Å². The van der Waals surface area contributed by atoms with Crippen LogP contribution in [-0.4, -0.2) is 13.7 Å². The van der Waals surface area contributed by atoms with Crippen molar-refractivity contribution in [1.29, 1.82) is 0 Å². The van der Waals surface area contributed by atoms with Crippen LogP contribution in [0, 0.1) is 11.8 Å². The topological polar surface area (TPSA) is 21.3 Å². The first-order chi connectivity index (χ1) is 8.31. The molecule has 1 aromatic rings. The summed E-state index contributed by atoms with van der Waals surface area (Å²) < 4.78 is 5.25. The van der Waals surface area contributed by atoms with Crippen molar-refractivity contribution in [2.75, 3.05) is 13.7 Å². The molecule has 0 fully saturated rings. The van der Waals surface area contributed by atoms with Crippen molar-refractivity contribution in [3.05, 3.63) is 29.8 Å². The van der Waals surface area contributed by atoms with E-state index in [9.17, 15) is 0 Å². The van der Waals surface area contributed by atoms with Gasteiger partial charge in [0.05, 0.1) is 7.11 Å². The zero-order valence-electron chi connectivity index (χ0n) is 10.9. The maximum atomic E-state index is 5.25. The van der Waals surface area contributed by atoms with E-state index in [1.54, 1.807) is 7.11 Å². The minimum Gasteiger partial charge on any atom is -0.497 e. The fourth-order valence-corrected chi connectivity index (χ4v) is 1.69. The van der Waals surface area contributed by atoms with Gasteiger partial charge in [0.25, 0.3) is 0 Å². The average molecular weight is 231 g/mol. The SMILES string of the molecule is CC#CCC(NCCC)c1cccc(OC)c1. The normalized spacial score (nSPS) is 11.5. The van der Waals surface area contributed by atoms with Gasteiger partial charge in [-0.05, 0) is 37.6 Å². The summed E-state index contributed by atoms with van der Waals surface area (Å²) >= 11 is 0. The molecule has 0 spiro atoms. The predicted molar refractivity (Wildman–Crippen MR) is 72.1 cm³/mol. The molecule has 0 aromatic heterocycles. The molecule has 1 N–H and O–H groups in total. The van der Waals surface area contributed by atoms with Crippen molar-refractivity contribution in [3.63, 3.8) is 0 Å². The van der Waals surface area contributed by atoms with Crippen LogP contribution in [0.4, 0.5) is 0 Å². The van der Waals surface area contributed by atoms with Gasteiger partial charge in [0, 0.05) is 12.5 Å². The van der Waals surface area contributed by atoms with Crippen molar-refractivity contribution in [2.45, 2.75) is 32.7 Å². The maximum Gasteiger partial charge on any atom is 0.119 e. The first-order valence-electron chi connectivity index (χ1n) is 6.08. The predicted octanol–water partition coefficient (Wildman–Crippen LogP) is 3.15. The molecule has 0 heterocycles. The molecule has 0 saturated carbocycles. The fraction of sp³-hybridized carbons (Fsp3) is 0.467. The lowest BCUT2D eigenvalue weighted by Crippen LogP contribution is -2.21. The van der Waals surface area contributed by atoms with E-state index in [-0.39, 0.29) is 6.04 Å². The van der Waals surface area contributed by atoms with E-state index in [2.05, 4.69) is 36.2 Å². The highest BCUT2D eigenvalue weighted by Gasteiger charge is 2.09. The second-order valence-corrected chi connectivity index (χ2v) is 3.91. The van der Waals surface area contributed by atoms with Crippen LogP contribution in [0.1, 0.15) is 38.3 Å². The van der Waals surface area contributed by atoms with Gasteiger partial charge in [-0.3, -0.25) is 0 Å². The van der Waals surface area contributed by atoms with Gasteiger partial charge in [0.2, 0.25) is 0 Å². The zero-order chi connectivity index (χ0) is 12.5. The van der Waals surface area contributed by atoms with E-state index < -0.39 is 0 Å². The summed E-state index contributed by atoms with van der Waals surface area (Å²) in [5.74, 6) is 6.99. The summed E-state index contributed by atoms with van der Waals surface area (Å²) in [6.45, 7) is 5.05. The molecule has 0 saturated heterocycles. The molecule has 92 valence electrons. The molecule has 0 bridgehead atoms. The Labute approximate surface area is 104 Å². The van der Waals surface area contributed by atoms with Crippen molar-refractivity contribution >= 4 is 0 Å². The van der Waals surface area contributed by atoms with Crippen molar-refractivity contribution < 1.29 is 4.74 Å². The number of rotatable bonds is 6. The van der Waals surface area contributed by atoms with E-state index in [0.29, 0.717) is 0 Å². The average Bonchev–Trinajstić information content (AvgIpc) is 2.39. The van der Waals surface area contributed by atoms with E-state index in [1.807, 2.05) is 19.1 Å². The van der Waals surface area contributed by atoms with Crippen LogP contribution in [0.25, 0.3) is 0 Å². The number of benzene rings is 1. The monoisotopic (exact) mass is 231 g/mol. The van der Waals surface area contributed by atoms with E-state index in [1.165, 1.54) is 5.56 Å². The molecule has 1 atom stereocenters. The van der Waals surface area contributed by atoms with Crippen molar-refractivity contribution in [2.24, 2.45) is 0 Å². The van der Waals surface area contributed by atoms with E-state index in [0.717, 1.165) is 25.1 Å². The molecule has 1 aromatic carbocycles. The Morgan fingerprint density at radius 2 is 2.24 bits per heavy atom. The Morgan fingerprint density at radius 3 is 2.88 bits per heavy atom. The molecule has 17 heavy (non-hydrogen) atoms. The van der Waals surface area contributed by atoms with Gasteiger partial charge in [0.1, 0.15) is 5.75 Å². The molecule has 0 amide bonds. The second kappa shape index (κ2) is 7.76. The second-order valence-electron chi connectivity index (χ2n) is 3.91. The summed E-state index contributed by atoms with van der Waals surface area (Å²) in [6, 6.07) is 8.47. The first kappa shape index (κ1) is 13.6. The Balaban J connectivity index is 2.80. The van der Waals surface area contributed by atoms with Gasteiger partial charge in [-0.15, -0.1) is 11.8 Å². The summed E-state index contributed by atoms with van der Waals surface area (Å²) in [7, 11) is 1.69. The highest BCUT2D eigenvalue weighted by atomic mass is 16.5. The maximum absolute atomic E-state index is 5.25. The molecule has 0 radical (unpaired) electrons. The lowest BCUT2D eigenvalue weighted by atomic mass is 10.0. The van der Waals surface area contributed by atoms with Gasteiger partial charge in [0.15, 0.2) is 0 Å². The largest absolute Gasteiger partial charge is 0.497 e. The van der Waals surface area contributed by atoms with Crippen molar-refractivity contribution in [3.8, 4) is 17.6 Å². The molecule has 1 unspecified atom stereocenters. The Bertz CT molecular complexity index is 389. The number of hydrogen-bond donors (Lipinski definition) is 1. The highest BCUT2D eigenvalue weighted by molar-refractivity contribution is 5.31. The number of nitrogens with one attached hydrogen (secondary N) is 1. The van der Waals surface area contributed by atoms with Gasteiger partial charge in [-0.1, -0.05) is 19.1 Å². The third kappa shape index (κ3) is 4.50. The fourth-order valence-electron chi connectivity index (χ4n) is 1.69. The van der Waals surface area contributed by atoms with E-state index >= 15 is 0 Å². The third-order valence-corrected chi connectivity index (χ3v) is 2.62. The highest BCUT2D eigenvalue weighted by Crippen LogP contribution is 2.21. The lowest BCUT2D eigenvalue weighted by Gasteiger charge is -2.17. The minimum absolute atomic E-state index is 0.289. The number of hydrogen-bond acceptors (Lipinski definition) is 2. The summed E-state index contributed by atoms with van der Waals surface area (Å²) in [6.07, 6.45) is 1.96. The van der Waals surface area contributed by atoms with E-state index in [4.69, 9.17) is 4.74 Å². The molecular formula is C15H21NO. The molecule has 2 nitrogen and oxygen atoms in total. The van der Waals surface area contributed by atoms with Crippen LogP contribution in [0.5, 0.6) is 5.75 Å². The van der Waals surface area contributed by atoms with Crippen LogP contribution in [0.3, 0.4) is 0 Å². The van der Waals surface area contributed by atoms with Gasteiger partial charge < -0.3 is 10.1 Å². The zero-order valence-corrected chi connectivity index (χ0v) is 10.9. The quantitative estimate of drug-likeness (QED) is 0.759. The molecule has 0 aliphatic rings. The Morgan fingerprint density at radius 1 is 1.41 bits per heavy atom. The van der Waals surface area contributed by atoms with Gasteiger partial charge >= 0.3 is 0 Å². The molecule has 2 heteroatoms. The van der Waals surface area contributed by atoms with Gasteiger partial charge in [-0.25, -0.2) is 0 Å². The molecule has 1 rings (SSSR count). The number of ether oxygens (including phenoxy) is 1. The van der Waals surface area contributed by atoms with Crippen LogP contribution in [-0.2, 0) is 0 Å². The lowest BCUT2D eigenvalue weighted by molar-refractivity contribution is 0.413. The first-order valence-corrected chi connectivity index (χ1v) is 6.08. The van der Waals surface area contributed by atoms with Crippen molar-refractivity contribution in [1.82, 2.24) is 5.32 Å². The molecule has 0 aliphatic heterocycles. The van der Waals surface area contributed by atoms with Gasteiger partial charge in [-0.2, -0.15) is 0 Å². The number of methoxy groups -OCH3 is 1. The third-order valence-electron chi connectivity index (χ3n) is 2.62. The van der Waals surface area contributed by atoms with Crippen LogP contribution < -0.4 is 10.1 Å². The summed E-state index contributed by atoms with van der Waals surface area (Å²) in [5.41, 5.74) is 1.24. The summed E-state index contributed by atoms with van der Waals surface area (Å²) in [5, 5.41) is 3.51. The standard InChI is InChI=1S/C15H21NO/c1-4-6-10-15(16-11-5-2)13-8-7-9-14(12-13)17-3/h7-9,12,15-16H,5,10-11H2,1-3H3. The minimum atomic E-state index is 0.289. The van der Waals surface area contributed by atoms with Crippen LogP contribution in [0.2, 0.25) is 0 Å². The molecular weight excluding hydrogens is 210 g/mol. The Kier molecular flexibility index (Phi) is 6.21. The molecule has 0 aliphatic carbocycles. The summed E-state index contributed by atoms with van der Waals surface area (Å²) in [4.78, 5) is 0. The van der Waals surface area contributed by atoms with Crippen LogP contribution >= 0.6 is 0 Å². The smallest absolute Gasteiger partial charge is 0.119 e.